The molecule has 2 rings (SSSR count). The molecule has 5 heteroatoms. The molecule has 1 aromatic carbocycles. The molecule has 116 valence electrons. The molecule has 0 aliphatic carbocycles. The minimum atomic E-state index is -0.481. The second-order valence-corrected chi connectivity index (χ2v) is 6.62. The van der Waals surface area contributed by atoms with Gasteiger partial charge in [0.05, 0.1) is 4.47 Å². The zero-order chi connectivity index (χ0) is 15.2. The van der Waals surface area contributed by atoms with Crippen molar-refractivity contribution >= 4 is 21.8 Å². The molecular formula is C16H23BrN2O2. The first-order valence-corrected chi connectivity index (χ1v) is 8.29. The predicted octanol–water partition coefficient (Wildman–Crippen LogP) is 2.72. The summed E-state index contributed by atoms with van der Waals surface area (Å²) in [5.41, 5.74) is 0. The predicted molar refractivity (Wildman–Crippen MR) is 87.4 cm³/mol. The van der Waals surface area contributed by atoms with E-state index in [0.717, 1.165) is 30.4 Å². The zero-order valence-electron chi connectivity index (χ0n) is 12.6. The second kappa shape index (κ2) is 7.80. The van der Waals surface area contributed by atoms with Gasteiger partial charge in [0.2, 0.25) is 0 Å². The molecule has 0 spiro atoms. The number of carbonyl (C=O) groups is 1. The average Bonchev–Trinajstić information content (AvgIpc) is 2.47. The van der Waals surface area contributed by atoms with Gasteiger partial charge >= 0.3 is 0 Å². The van der Waals surface area contributed by atoms with Gasteiger partial charge in [-0.2, -0.15) is 0 Å². The average molecular weight is 355 g/mol. The molecule has 1 aromatic rings. The van der Waals surface area contributed by atoms with Gasteiger partial charge in [-0.25, -0.2) is 0 Å². The maximum absolute atomic E-state index is 12.5. The van der Waals surface area contributed by atoms with Crippen LogP contribution in [-0.4, -0.2) is 31.1 Å². The molecule has 0 saturated carbocycles. The SMILES string of the molecule is CC(C)C(Oc1ccccc1Br)C(=O)N[C@H]1CCCNC1. The minimum Gasteiger partial charge on any atom is -0.479 e. The Hall–Kier alpha value is -1.07. The highest BCUT2D eigenvalue weighted by Crippen LogP contribution is 2.26. The van der Waals surface area contributed by atoms with Crippen LogP contribution < -0.4 is 15.4 Å². The van der Waals surface area contributed by atoms with E-state index >= 15 is 0 Å². The van der Waals surface area contributed by atoms with Gasteiger partial charge in [0.15, 0.2) is 6.10 Å². The van der Waals surface area contributed by atoms with E-state index in [4.69, 9.17) is 4.74 Å². The van der Waals surface area contributed by atoms with Gasteiger partial charge in [0.1, 0.15) is 5.75 Å². The van der Waals surface area contributed by atoms with E-state index in [2.05, 4.69) is 26.6 Å². The molecule has 21 heavy (non-hydrogen) atoms. The fourth-order valence-electron chi connectivity index (χ4n) is 2.43. The lowest BCUT2D eigenvalue weighted by Gasteiger charge is -2.28. The van der Waals surface area contributed by atoms with Crippen LogP contribution in [0.1, 0.15) is 26.7 Å². The van der Waals surface area contributed by atoms with Crippen molar-refractivity contribution in [2.24, 2.45) is 5.92 Å². The van der Waals surface area contributed by atoms with Crippen LogP contribution in [0.4, 0.5) is 0 Å². The van der Waals surface area contributed by atoms with E-state index < -0.39 is 6.10 Å². The van der Waals surface area contributed by atoms with Crippen LogP contribution in [0, 0.1) is 5.92 Å². The van der Waals surface area contributed by atoms with Crippen LogP contribution >= 0.6 is 15.9 Å². The fraction of sp³-hybridized carbons (Fsp3) is 0.562. The minimum absolute atomic E-state index is 0.0329. The van der Waals surface area contributed by atoms with E-state index in [1.54, 1.807) is 0 Å². The van der Waals surface area contributed by atoms with Crippen LogP contribution in [0.5, 0.6) is 5.75 Å². The van der Waals surface area contributed by atoms with Gasteiger partial charge in [0, 0.05) is 12.6 Å². The maximum Gasteiger partial charge on any atom is 0.261 e. The van der Waals surface area contributed by atoms with Crippen molar-refractivity contribution in [2.45, 2.75) is 38.8 Å². The molecular weight excluding hydrogens is 332 g/mol. The van der Waals surface area contributed by atoms with E-state index in [1.807, 2.05) is 38.1 Å². The molecule has 1 amide bonds. The van der Waals surface area contributed by atoms with Crippen LogP contribution in [-0.2, 0) is 4.79 Å². The number of halogens is 1. The number of hydrogen-bond acceptors (Lipinski definition) is 3. The number of hydrogen-bond donors (Lipinski definition) is 2. The number of nitrogens with one attached hydrogen (secondary N) is 2. The summed E-state index contributed by atoms with van der Waals surface area (Å²) >= 11 is 3.45. The largest absolute Gasteiger partial charge is 0.479 e. The normalized spacial score (nSPS) is 20.1. The Kier molecular flexibility index (Phi) is 6.06. The summed E-state index contributed by atoms with van der Waals surface area (Å²) in [5, 5.41) is 6.40. The molecule has 1 unspecified atom stereocenters. The van der Waals surface area contributed by atoms with Crippen molar-refractivity contribution in [3.8, 4) is 5.75 Å². The van der Waals surface area contributed by atoms with Crippen LogP contribution in [0.25, 0.3) is 0 Å². The van der Waals surface area contributed by atoms with E-state index in [9.17, 15) is 4.79 Å². The summed E-state index contributed by atoms with van der Waals surface area (Å²) in [6.45, 7) is 5.87. The molecule has 1 fully saturated rings. The fourth-order valence-corrected chi connectivity index (χ4v) is 2.81. The van der Waals surface area contributed by atoms with Crippen LogP contribution in [0.15, 0.2) is 28.7 Å². The van der Waals surface area contributed by atoms with Gasteiger partial charge in [-0.15, -0.1) is 0 Å². The summed E-state index contributed by atoms with van der Waals surface area (Å²) in [6.07, 6.45) is 1.65. The molecule has 2 N–H and O–H groups in total. The molecule has 2 atom stereocenters. The summed E-state index contributed by atoms with van der Waals surface area (Å²) in [5.74, 6) is 0.774. The van der Waals surface area contributed by atoms with E-state index in [-0.39, 0.29) is 17.9 Å². The van der Waals surface area contributed by atoms with Gasteiger partial charge in [0.25, 0.3) is 5.91 Å². The number of carbonyl (C=O) groups excluding carboxylic acids is 1. The Morgan fingerprint density at radius 3 is 2.81 bits per heavy atom. The molecule has 1 aliphatic heterocycles. The molecule has 0 bridgehead atoms. The number of piperidine rings is 1. The third-order valence-electron chi connectivity index (χ3n) is 3.60. The van der Waals surface area contributed by atoms with Gasteiger partial charge in [-0.1, -0.05) is 26.0 Å². The topological polar surface area (TPSA) is 50.4 Å². The molecule has 1 heterocycles. The first kappa shape index (κ1) is 16.3. The quantitative estimate of drug-likeness (QED) is 0.854. The lowest BCUT2D eigenvalue weighted by Crippen LogP contribution is -2.51. The van der Waals surface area contributed by atoms with Gasteiger partial charge in [-0.3, -0.25) is 4.79 Å². The van der Waals surface area contributed by atoms with Crippen molar-refractivity contribution in [3.63, 3.8) is 0 Å². The number of amides is 1. The highest BCUT2D eigenvalue weighted by atomic mass is 79.9. The van der Waals surface area contributed by atoms with Crippen molar-refractivity contribution in [1.29, 1.82) is 0 Å². The first-order valence-electron chi connectivity index (χ1n) is 7.50. The Morgan fingerprint density at radius 2 is 2.19 bits per heavy atom. The third kappa shape index (κ3) is 4.71. The van der Waals surface area contributed by atoms with Gasteiger partial charge < -0.3 is 15.4 Å². The Bertz CT molecular complexity index is 473. The molecule has 0 radical (unpaired) electrons. The second-order valence-electron chi connectivity index (χ2n) is 5.76. The highest BCUT2D eigenvalue weighted by Gasteiger charge is 2.27. The zero-order valence-corrected chi connectivity index (χ0v) is 14.2. The van der Waals surface area contributed by atoms with Crippen molar-refractivity contribution in [2.75, 3.05) is 13.1 Å². The maximum atomic E-state index is 12.5. The van der Waals surface area contributed by atoms with E-state index in [1.165, 1.54) is 0 Å². The number of ether oxygens (including phenoxy) is 1. The third-order valence-corrected chi connectivity index (χ3v) is 4.25. The monoisotopic (exact) mass is 354 g/mol. The Labute approximate surface area is 134 Å². The van der Waals surface area contributed by atoms with Crippen LogP contribution in [0.2, 0.25) is 0 Å². The summed E-state index contributed by atoms with van der Waals surface area (Å²) in [6, 6.07) is 7.82. The summed E-state index contributed by atoms with van der Waals surface area (Å²) < 4.78 is 6.79. The number of rotatable bonds is 5. The molecule has 1 aliphatic rings. The summed E-state index contributed by atoms with van der Waals surface area (Å²) in [4.78, 5) is 12.5. The smallest absolute Gasteiger partial charge is 0.261 e. The standard InChI is InChI=1S/C16H23BrN2O2/c1-11(2)15(21-14-8-4-3-7-13(14)17)16(20)19-12-6-5-9-18-10-12/h3-4,7-8,11-12,15,18H,5-6,9-10H2,1-2H3,(H,19,20)/t12-,15?/m0/s1. The van der Waals surface area contributed by atoms with E-state index in [0.29, 0.717) is 5.75 Å². The van der Waals surface area contributed by atoms with Gasteiger partial charge in [-0.05, 0) is 53.4 Å². The Morgan fingerprint density at radius 1 is 1.43 bits per heavy atom. The first-order chi connectivity index (χ1) is 10.1. The van der Waals surface area contributed by atoms with Crippen molar-refractivity contribution < 1.29 is 9.53 Å². The highest BCUT2D eigenvalue weighted by molar-refractivity contribution is 9.10. The van der Waals surface area contributed by atoms with Crippen molar-refractivity contribution in [3.05, 3.63) is 28.7 Å². The van der Waals surface area contributed by atoms with Crippen molar-refractivity contribution in [1.82, 2.24) is 10.6 Å². The number of benzene rings is 1. The van der Waals surface area contributed by atoms with Crippen LogP contribution in [0.3, 0.4) is 0 Å². The lowest BCUT2D eigenvalue weighted by atomic mass is 10.0. The summed E-state index contributed by atoms with van der Waals surface area (Å²) in [7, 11) is 0. The molecule has 4 nitrogen and oxygen atoms in total. The molecule has 0 aromatic heterocycles. The lowest BCUT2D eigenvalue weighted by molar-refractivity contribution is -0.130. The molecule has 1 saturated heterocycles. The Balaban J connectivity index is 2.00. The number of para-hydroxylation sites is 1.